The van der Waals surface area contributed by atoms with Gasteiger partial charge in [-0.05, 0) is 48.9 Å². The molecule has 1 aliphatic heterocycles. The van der Waals surface area contributed by atoms with Gasteiger partial charge in [-0.25, -0.2) is 14.1 Å². The molecule has 0 spiro atoms. The van der Waals surface area contributed by atoms with Crippen LogP contribution in [0.3, 0.4) is 0 Å². The molecule has 1 fully saturated rings. The van der Waals surface area contributed by atoms with Gasteiger partial charge in [-0.2, -0.15) is 0 Å². The number of para-hydroxylation sites is 2. The van der Waals surface area contributed by atoms with Crippen LogP contribution in [-0.2, 0) is 14.4 Å². The van der Waals surface area contributed by atoms with Crippen LogP contribution in [0.1, 0.15) is 11.1 Å². The van der Waals surface area contributed by atoms with Gasteiger partial charge in [0.25, 0.3) is 17.7 Å². The topological polar surface area (TPSA) is 105 Å². The van der Waals surface area contributed by atoms with Gasteiger partial charge in [0.15, 0.2) is 6.61 Å². The lowest BCUT2D eigenvalue weighted by Crippen LogP contribution is -2.54. The molecule has 182 valence electrons. The molecular formula is C26H19ClFN3O5. The minimum absolute atomic E-state index is 0.00643. The Balaban J connectivity index is 1.56. The van der Waals surface area contributed by atoms with Crippen LogP contribution in [-0.4, -0.2) is 30.4 Å². The van der Waals surface area contributed by atoms with E-state index < -0.39 is 36.2 Å². The highest BCUT2D eigenvalue weighted by atomic mass is 35.5. The van der Waals surface area contributed by atoms with Gasteiger partial charge in [0.2, 0.25) is 0 Å². The molecule has 0 aromatic heterocycles. The maximum Gasteiger partial charge on any atom is 0.335 e. The molecule has 1 saturated heterocycles. The molecule has 3 aromatic rings. The van der Waals surface area contributed by atoms with Crippen molar-refractivity contribution in [3.8, 4) is 5.75 Å². The quantitative estimate of drug-likeness (QED) is 0.378. The van der Waals surface area contributed by atoms with Crippen LogP contribution in [0.25, 0.3) is 6.08 Å². The van der Waals surface area contributed by atoms with Crippen molar-refractivity contribution in [3.05, 3.63) is 94.3 Å². The van der Waals surface area contributed by atoms with E-state index in [0.717, 1.165) is 10.5 Å². The lowest BCUT2D eigenvalue weighted by Gasteiger charge is -2.26. The van der Waals surface area contributed by atoms with Crippen molar-refractivity contribution in [2.75, 3.05) is 16.8 Å². The Bertz CT molecular complexity index is 1420. The van der Waals surface area contributed by atoms with Gasteiger partial charge in [-0.1, -0.05) is 48.0 Å². The Morgan fingerprint density at radius 2 is 1.81 bits per heavy atom. The molecule has 3 aromatic carbocycles. The highest BCUT2D eigenvalue weighted by Gasteiger charge is 2.37. The van der Waals surface area contributed by atoms with Gasteiger partial charge in [0, 0.05) is 10.6 Å². The predicted molar refractivity (Wildman–Crippen MR) is 132 cm³/mol. The molecule has 8 nitrogen and oxygen atoms in total. The molecule has 0 bridgehead atoms. The number of hydrogen-bond donors (Lipinski definition) is 2. The number of ether oxygens (including phenoxy) is 1. The van der Waals surface area contributed by atoms with Gasteiger partial charge in [-0.15, -0.1) is 0 Å². The van der Waals surface area contributed by atoms with Crippen LogP contribution in [0.4, 0.5) is 20.6 Å². The number of nitrogens with one attached hydrogen (secondary N) is 2. The maximum absolute atomic E-state index is 13.8. The van der Waals surface area contributed by atoms with E-state index in [4.69, 9.17) is 16.3 Å². The summed E-state index contributed by atoms with van der Waals surface area (Å²) in [6.07, 6.45) is 1.26. The van der Waals surface area contributed by atoms with E-state index in [1.807, 2.05) is 0 Å². The highest BCUT2D eigenvalue weighted by Crippen LogP contribution is 2.28. The van der Waals surface area contributed by atoms with E-state index in [1.165, 1.54) is 42.5 Å². The van der Waals surface area contributed by atoms with Gasteiger partial charge in [-0.3, -0.25) is 19.7 Å². The fourth-order valence-electron chi connectivity index (χ4n) is 3.39. The zero-order chi connectivity index (χ0) is 25.8. The van der Waals surface area contributed by atoms with Crippen molar-refractivity contribution >= 4 is 52.8 Å². The fraction of sp³-hybridized carbons (Fsp3) is 0.0769. The number of urea groups is 1. The summed E-state index contributed by atoms with van der Waals surface area (Å²) < 4.78 is 19.3. The summed E-state index contributed by atoms with van der Waals surface area (Å²) in [6.45, 7) is 1.31. The van der Waals surface area contributed by atoms with Crippen LogP contribution >= 0.6 is 11.6 Å². The molecule has 0 radical (unpaired) electrons. The predicted octanol–water partition coefficient (Wildman–Crippen LogP) is 4.47. The lowest BCUT2D eigenvalue weighted by molar-refractivity contribution is -0.122. The zero-order valence-electron chi connectivity index (χ0n) is 18.9. The van der Waals surface area contributed by atoms with E-state index in [-0.39, 0.29) is 22.7 Å². The number of amides is 5. The minimum Gasteiger partial charge on any atom is -0.483 e. The number of carbonyl (C=O) groups excluding carboxylic acids is 4. The number of nitrogens with zero attached hydrogens (tertiary/aromatic N) is 1. The number of aryl methyl sites for hydroxylation is 1. The van der Waals surface area contributed by atoms with Crippen molar-refractivity contribution in [2.45, 2.75) is 6.92 Å². The average molecular weight is 508 g/mol. The summed E-state index contributed by atoms with van der Waals surface area (Å²) in [4.78, 5) is 51.2. The molecule has 5 amide bonds. The summed E-state index contributed by atoms with van der Waals surface area (Å²) in [6, 6.07) is 15.8. The van der Waals surface area contributed by atoms with Crippen molar-refractivity contribution in [1.29, 1.82) is 0 Å². The number of rotatable bonds is 6. The third-order valence-corrected chi connectivity index (χ3v) is 5.65. The number of imide groups is 2. The number of anilines is 2. The normalized spacial score (nSPS) is 14.6. The van der Waals surface area contributed by atoms with Crippen molar-refractivity contribution in [1.82, 2.24) is 5.32 Å². The molecular weight excluding hydrogens is 489 g/mol. The summed E-state index contributed by atoms with van der Waals surface area (Å²) in [7, 11) is 0. The first-order valence-corrected chi connectivity index (χ1v) is 11.1. The molecule has 36 heavy (non-hydrogen) atoms. The maximum atomic E-state index is 13.8. The smallest absolute Gasteiger partial charge is 0.335 e. The molecule has 4 rings (SSSR count). The van der Waals surface area contributed by atoms with Crippen LogP contribution < -0.4 is 20.3 Å². The van der Waals surface area contributed by atoms with Crippen LogP contribution in [0.5, 0.6) is 5.75 Å². The van der Waals surface area contributed by atoms with Gasteiger partial charge >= 0.3 is 6.03 Å². The third kappa shape index (κ3) is 5.26. The van der Waals surface area contributed by atoms with E-state index in [1.54, 1.807) is 37.3 Å². The van der Waals surface area contributed by atoms with E-state index >= 15 is 0 Å². The molecule has 0 saturated carbocycles. The SMILES string of the molecule is Cc1ccc(N2C(=O)NC(=O)/C(=C\c3ccccc3OCC(=O)Nc3ccccc3F)C2=O)cc1Cl. The van der Waals surface area contributed by atoms with Crippen molar-refractivity contribution in [3.63, 3.8) is 0 Å². The summed E-state index contributed by atoms with van der Waals surface area (Å²) in [5.41, 5.74) is 0.944. The Labute approximate surface area is 210 Å². The van der Waals surface area contributed by atoms with Crippen molar-refractivity contribution < 1.29 is 28.3 Å². The van der Waals surface area contributed by atoms with E-state index in [0.29, 0.717) is 10.6 Å². The molecule has 0 unspecified atom stereocenters. The molecule has 10 heteroatoms. The van der Waals surface area contributed by atoms with Crippen LogP contribution in [0, 0.1) is 12.7 Å². The molecule has 1 aliphatic rings. The zero-order valence-corrected chi connectivity index (χ0v) is 19.6. The lowest BCUT2D eigenvalue weighted by atomic mass is 10.1. The molecule has 2 N–H and O–H groups in total. The number of carbonyl (C=O) groups is 4. The second-order valence-corrected chi connectivity index (χ2v) is 8.15. The van der Waals surface area contributed by atoms with Crippen LogP contribution in [0.2, 0.25) is 5.02 Å². The second kappa shape index (κ2) is 10.4. The first-order chi connectivity index (χ1) is 17.2. The Morgan fingerprint density at radius 1 is 1.08 bits per heavy atom. The first-order valence-electron chi connectivity index (χ1n) is 10.7. The number of barbiturate groups is 1. The summed E-state index contributed by atoms with van der Waals surface area (Å²) in [5, 5.41) is 4.90. The monoisotopic (exact) mass is 507 g/mol. The molecule has 0 atom stereocenters. The molecule has 0 aliphatic carbocycles. The Hall–Kier alpha value is -4.50. The number of benzene rings is 3. The highest BCUT2D eigenvalue weighted by molar-refractivity contribution is 6.39. The van der Waals surface area contributed by atoms with E-state index in [9.17, 15) is 23.6 Å². The minimum atomic E-state index is -0.906. The average Bonchev–Trinajstić information content (AvgIpc) is 2.84. The first kappa shape index (κ1) is 24.6. The fourth-order valence-corrected chi connectivity index (χ4v) is 3.57. The van der Waals surface area contributed by atoms with Gasteiger partial charge in [0.05, 0.1) is 11.4 Å². The third-order valence-electron chi connectivity index (χ3n) is 5.24. The van der Waals surface area contributed by atoms with Gasteiger partial charge in [0.1, 0.15) is 17.1 Å². The Morgan fingerprint density at radius 3 is 2.56 bits per heavy atom. The van der Waals surface area contributed by atoms with Gasteiger partial charge < -0.3 is 10.1 Å². The van der Waals surface area contributed by atoms with E-state index in [2.05, 4.69) is 10.6 Å². The molecule has 1 heterocycles. The second-order valence-electron chi connectivity index (χ2n) is 7.75. The largest absolute Gasteiger partial charge is 0.483 e. The number of hydrogen-bond acceptors (Lipinski definition) is 5. The summed E-state index contributed by atoms with van der Waals surface area (Å²) >= 11 is 6.14. The standard InChI is InChI=1S/C26H19ClFN3O5/c1-15-10-11-17(13-19(15)27)31-25(34)18(24(33)30-26(31)35)12-16-6-2-5-9-22(16)36-14-23(32)29-21-8-4-3-7-20(21)28/h2-13H,14H2,1H3,(H,29,32)(H,30,33,35)/b18-12+. The Kier molecular flexibility index (Phi) is 7.12. The van der Waals surface area contributed by atoms with Crippen molar-refractivity contribution in [2.24, 2.45) is 0 Å². The summed E-state index contributed by atoms with van der Waals surface area (Å²) in [5.74, 6) is -2.74. The number of halogens is 2. The van der Waals surface area contributed by atoms with Crippen LogP contribution in [0.15, 0.2) is 72.3 Å².